The first-order valence-corrected chi connectivity index (χ1v) is 8.31. The molecule has 3 rings (SSSR count). The second-order valence-corrected chi connectivity index (χ2v) is 5.82. The lowest BCUT2D eigenvalue weighted by Crippen LogP contribution is -2.11. The lowest BCUT2D eigenvalue weighted by molar-refractivity contribution is 0.0697. The third-order valence-corrected chi connectivity index (χ3v) is 3.91. The number of carboxylic acids is 1. The maximum absolute atomic E-state index is 11.5. The first kappa shape index (κ1) is 19.0. The molecule has 0 saturated carbocycles. The van der Waals surface area contributed by atoms with Crippen LogP contribution in [0.5, 0.6) is 11.5 Å². The fraction of sp³-hybridized carbons (Fsp3) is 0.222. The largest absolute Gasteiger partial charge is 0.497 e. The minimum Gasteiger partial charge on any atom is -0.497 e. The zero-order chi connectivity index (χ0) is 20.1. The molecular formula is C18H20N6O4. The van der Waals surface area contributed by atoms with Crippen molar-refractivity contribution < 1.29 is 19.4 Å². The molecule has 2 aromatic heterocycles. The van der Waals surface area contributed by atoms with Gasteiger partial charge in [0.2, 0.25) is 5.95 Å². The van der Waals surface area contributed by atoms with E-state index in [0.29, 0.717) is 17.2 Å². The van der Waals surface area contributed by atoms with Gasteiger partial charge in [-0.1, -0.05) is 0 Å². The van der Waals surface area contributed by atoms with Gasteiger partial charge in [-0.25, -0.2) is 9.78 Å². The third kappa shape index (κ3) is 4.29. The van der Waals surface area contributed by atoms with Gasteiger partial charge in [0.15, 0.2) is 0 Å². The Morgan fingerprint density at radius 2 is 2.07 bits per heavy atom. The summed E-state index contributed by atoms with van der Waals surface area (Å²) in [5.41, 5.74) is 1.43. The molecule has 3 N–H and O–H groups in total. The molecule has 0 unspecified atom stereocenters. The van der Waals surface area contributed by atoms with Crippen LogP contribution in [0, 0.1) is 0 Å². The molecule has 0 aliphatic heterocycles. The summed E-state index contributed by atoms with van der Waals surface area (Å²) in [6, 6.07) is 5.37. The van der Waals surface area contributed by atoms with E-state index >= 15 is 0 Å². The third-order valence-electron chi connectivity index (χ3n) is 3.91. The highest BCUT2D eigenvalue weighted by Crippen LogP contribution is 2.25. The number of hydrogen-bond donors (Lipinski definition) is 3. The SMILES string of the molecule is COc1ccc(OC)c(CNc2nc(Nc3cnn(C)c3)ncc2C(=O)O)c1. The molecule has 0 aliphatic carbocycles. The molecule has 146 valence electrons. The molecule has 10 heteroatoms. The zero-order valence-electron chi connectivity index (χ0n) is 15.6. The number of rotatable bonds is 8. The molecule has 10 nitrogen and oxygen atoms in total. The minimum absolute atomic E-state index is 0.0430. The monoisotopic (exact) mass is 384 g/mol. The Bertz CT molecular complexity index is 988. The summed E-state index contributed by atoms with van der Waals surface area (Å²) in [7, 11) is 4.92. The Morgan fingerprint density at radius 3 is 2.71 bits per heavy atom. The van der Waals surface area contributed by atoms with Crippen LogP contribution in [-0.2, 0) is 13.6 Å². The summed E-state index contributed by atoms with van der Waals surface area (Å²) in [5, 5.41) is 19.5. The second kappa shape index (κ2) is 8.25. The van der Waals surface area contributed by atoms with Gasteiger partial charge in [-0.3, -0.25) is 4.68 Å². The van der Waals surface area contributed by atoms with Crippen molar-refractivity contribution in [1.82, 2.24) is 19.7 Å². The van der Waals surface area contributed by atoms with Crippen LogP contribution in [0.1, 0.15) is 15.9 Å². The van der Waals surface area contributed by atoms with Gasteiger partial charge in [0.05, 0.1) is 26.1 Å². The average Bonchev–Trinajstić information content (AvgIpc) is 3.10. The van der Waals surface area contributed by atoms with Gasteiger partial charge in [-0.2, -0.15) is 10.1 Å². The summed E-state index contributed by atoms with van der Waals surface area (Å²) in [5.74, 6) is 0.607. The molecule has 0 radical (unpaired) electrons. The van der Waals surface area contributed by atoms with E-state index in [4.69, 9.17) is 9.47 Å². The number of benzene rings is 1. The molecule has 0 saturated heterocycles. The molecule has 0 amide bonds. The number of hydrogen-bond acceptors (Lipinski definition) is 8. The predicted octanol–water partition coefficient (Wildman–Crippen LogP) is 2.28. The Kier molecular flexibility index (Phi) is 5.58. The molecule has 0 spiro atoms. The number of nitrogens with one attached hydrogen (secondary N) is 2. The number of anilines is 3. The zero-order valence-corrected chi connectivity index (χ0v) is 15.6. The molecule has 3 aromatic rings. The fourth-order valence-electron chi connectivity index (χ4n) is 2.55. The molecule has 28 heavy (non-hydrogen) atoms. The Labute approximate surface area is 161 Å². The van der Waals surface area contributed by atoms with E-state index < -0.39 is 5.97 Å². The molecule has 1 aromatic carbocycles. The summed E-state index contributed by atoms with van der Waals surface area (Å²) in [4.78, 5) is 19.9. The minimum atomic E-state index is -1.13. The quantitative estimate of drug-likeness (QED) is 0.536. The van der Waals surface area contributed by atoms with E-state index in [9.17, 15) is 9.90 Å². The van der Waals surface area contributed by atoms with Gasteiger partial charge in [0.25, 0.3) is 0 Å². The Hall–Kier alpha value is -3.82. The number of carbonyl (C=O) groups is 1. The summed E-state index contributed by atoms with van der Waals surface area (Å²) >= 11 is 0. The van der Waals surface area contributed by atoms with Crippen molar-refractivity contribution in [3.05, 3.63) is 47.9 Å². The van der Waals surface area contributed by atoms with Crippen LogP contribution in [-0.4, -0.2) is 45.0 Å². The number of aromatic nitrogens is 4. The number of nitrogens with zero attached hydrogens (tertiary/aromatic N) is 4. The molecule has 0 aliphatic rings. The topological polar surface area (TPSA) is 123 Å². The van der Waals surface area contributed by atoms with Gasteiger partial charge in [0, 0.05) is 31.5 Å². The lowest BCUT2D eigenvalue weighted by Gasteiger charge is -2.13. The second-order valence-electron chi connectivity index (χ2n) is 5.82. The molecule has 0 atom stereocenters. The summed E-state index contributed by atoms with van der Waals surface area (Å²) in [6.07, 6.45) is 4.62. The van der Waals surface area contributed by atoms with E-state index in [1.54, 1.807) is 50.5 Å². The number of ether oxygens (including phenoxy) is 2. The van der Waals surface area contributed by atoms with E-state index in [-0.39, 0.29) is 23.9 Å². The molecule has 2 heterocycles. The van der Waals surface area contributed by atoms with Crippen LogP contribution in [0.3, 0.4) is 0 Å². The van der Waals surface area contributed by atoms with Crippen molar-refractivity contribution in [1.29, 1.82) is 0 Å². The van der Waals surface area contributed by atoms with Crippen LogP contribution in [0.25, 0.3) is 0 Å². The molecule has 0 fully saturated rings. The van der Waals surface area contributed by atoms with E-state index in [2.05, 4.69) is 25.7 Å². The summed E-state index contributed by atoms with van der Waals surface area (Å²) in [6.45, 7) is 0.282. The maximum atomic E-state index is 11.5. The predicted molar refractivity (Wildman–Crippen MR) is 102 cm³/mol. The number of methoxy groups -OCH3 is 2. The maximum Gasteiger partial charge on any atom is 0.341 e. The first-order chi connectivity index (χ1) is 13.5. The van der Waals surface area contributed by atoms with Gasteiger partial charge >= 0.3 is 5.97 Å². The van der Waals surface area contributed by atoms with Crippen LogP contribution in [0.2, 0.25) is 0 Å². The summed E-state index contributed by atoms with van der Waals surface area (Å²) < 4.78 is 12.2. The van der Waals surface area contributed by atoms with Crippen molar-refractivity contribution in [2.45, 2.75) is 6.54 Å². The van der Waals surface area contributed by atoms with Crippen LogP contribution in [0.4, 0.5) is 17.5 Å². The Balaban J connectivity index is 1.85. The fourth-order valence-corrected chi connectivity index (χ4v) is 2.55. The first-order valence-electron chi connectivity index (χ1n) is 8.31. The number of aryl methyl sites for hydroxylation is 1. The normalized spacial score (nSPS) is 10.4. The van der Waals surface area contributed by atoms with Crippen molar-refractivity contribution >= 4 is 23.4 Å². The highest BCUT2D eigenvalue weighted by Gasteiger charge is 2.15. The molecular weight excluding hydrogens is 364 g/mol. The van der Waals surface area contributed by atoms with Crippen molar-refractivity contribution in [2.24, 2.45) is 7.05 Å². The van der Waals surface area contributed by atoms with E-state index in [0.717, 1.165) is 5.56 Å². The highest BCUT2D eigenvalue weighted by molar-refractivity contribution is 5.93. The van der Waals surface area contributed by atoms with Gasteiger partial charge in [-0.05, 0) is 18.2 Å². The highest BCUT2D eigenvalue weighted by atomic mass is 16.5. The van der Waals surface area contributed by atoms with E-state index in [1.165, 1.54) is 6.20 Å². The smallest absolute Gasteiger partial charge is 0.341 e. The lowest BCUT2D eigenvalue weighted by atomic mass is 10.2. The Morgan fingerprint density at radius 1 is 1.25 bits per heavy atom. The standard InChI is InChI=1S/C18H20N6O4/c1-24-10-12(8-21-24)22-18-20-9-14(17(25)26)16(23-18)19-7-11-6-13(27-2)4-5-15(11)28-3/h4-6,8-10H,7H2,1-3H3,(H,25,26)(H2,19,20,22,23). The van der Waals surface area contributed by atoms with Crippen LogP contribution in [0.15, 0.2) is 36.8 Å². The van der Waals surface area contributed by atoms with Gasteiger partial charge < -0.3 is 25.2 Å². The van der Waals surface area contributed by atoms with Crippen molar-refractivity contribution in [3.8, 4) is 11.5 Å². The number of carboxylic acid groups (broad SMARTS) is 1. The van der Waals surface area contributed by atoms with Crippen LogP contribution < -0.4 is 20.1 Å². The van der Waals surface area contributed by atoms with Gasteiger partial charge in [-0.15, -0.1) is 0 Å². The average molecular weight is 384 g/mol. The van der Waals surface area contributed by atoms with Gasteiger partial charge in [0.1, 0.15) is 22.9 Å². The van der Waals surface area contributed by atoms with E-state index in [1.807, 2.05) is 6.07 Å². The van der Waals surface area contributed by atoms with Crippen molar-refractivity contribution in [2.75, 3.05) is 24.9 Å². The van der Waals surface area contributed by atoms with Crippen molar-refractivity contribution in [3.63, 3.8) is 0 Å². The van der Waals surface area contributed by atoms with Crippen LogP contribution >= 0.6 is 0 Å². The number of aromatic carboxylic acids is 1. The molecule has 0 bridgehead atoms.